The largest absolute Gasteiger partial charge is 0.452 e. The van der Waals surface area contributed by atoms with E-state index in [2.05, 4.69) is 36.2 Å². The van der Waals surface area contributed by atoms with E-state index in [9.17, 15) is 29.1 Å². The summed E-state index contributed by atoms with van der Waals surface area (Å²) in [5.74, 6) is -3.52. The van der Waals surface area contributed by atoms with Crippen LogP contribution in [-0.2, 0) is 48.0 Å². The summed E-state index contributed by atoms with van der Waals surface area (Å²) in [6.07, 6.45) is 4.08. The molecule has 0 saturated heterocycles. The second-order valence-corrected chi connectivity index (χ2v) is 15.3. The highest BCUT2D eigenvalue weighted by Crippen LogP contribution is 2.23. The third-order valence-corrected chi connectivity index (χ3v) is 9.83. The van der Waals surface area contributed by atoms with Gasteiger partial charge in [-0.2, -0.15) is 0 Å². The van der Waals surface area contributed by atoms with Crippen LogP contribution in [0.3, 0.4) is 0 Å². The molecule has 0 saturated carbocycles. The van der Waals surface area contributed by atoms with Gasteiger partial charge in [0.2, 0.25) is 17.7 Å². The number of nitrogens with zero attached hydrogens (tertiary/aromatic N) is 2. The maximum Gasteiger partial charge on any atom is 0.303 e. The first kappa shape index (κ1) is 45.3. The Morgan fingerprint density at radius 3 is 2.14 bits per heavy atom. The molecule has 4 amide bonds. The first-order valence-corrected chi connectivity index (χ1v) is 19.6. The molecule has 2 aromatic heterocycles. The topological polar surface area (TPSA) is 204 Å². The Balaban J connectivity index is 1.76. The minimum atomic E-state index is -1.20. The lowest BCUT2D eigenvalue weighted by Crippen LogP contribution is -2.56. The van der Waals surface area contributed by atoms with E-state index in [4.69, 9.17) is 4.74 Å². The third-order valence-electron chi connectivity index (χ3n) is 9.83. The Labute approximate surface area is 330 Å². The molecule has 0 radical (unpaired) electrons. The summed E-state index contributed by atoms with van der Waals surface area (Å²) in [6.45, 7) is 13.1. The fourth-order valence-corrected chi connectivity index (χ4v) is 6.45. The summed E-state index contributed by atoms with van der Waals surface area (Å²) in [6, 6.07) is 12.0. The molecule has 0 bridgehead atoms. The van der Waals surface area contributed by atoms with Crippen molar-refractivity contribution in [1.29, 1.82) is 0 Å². The minimum Gasteiger partial charge on any atom is -0.452 e. The normalized spacial score (nSPS) is 15.1. The number of esters is 1. The van der Waals surface area contributed by atoms with Crippen LogP contribution < -0.4 is 21.3 Å². The van der Waals surface area contributed by atoms with Crippen LogP contribution in [-0.4, -0.2) is 86.5 Å². The maximum absolute atomic E-state index is 14.1. The summed E-state index contributed by atoms with van der Waals surface area (Å²) in [4.78, 5) is 78.2. The zero-order valence-corrected chi connectivity index (χ0v) is 33.8. The molecular formula is C42H61N7O7. The number of aromatic nitrogens is 3. The van der Waals surface area contributed by atoms with Gasteiger partial charge in [-0.3, -0.25) is 29.0 Å². The second kappa shape index (κ2) is 23.1. The molecule has 0 fully saturated rings. The second-order valence-electron chi connectivity index (χ2n) is 15.3. The molecule has 7 atom stereocenters. The predicted octanol–water partition coefficient (Wildman–Crippen LogP) is 3.45. The molecule has 1 aromatic carbocycles. The van der Waals surface area contributed by atoms with Crippen LogP contribution in [0.4, 0.5) is 0 Å². The van der Waals surface area contributed by atoms with E-state index >= 15 is 0 Å². The number of rotatable bonds is 23. The number of carbonyl (C=O) groups excluding carboxylic acids is 5. The number of benzene rings is 1. The average molecular weight is 776 g/mol. The highest BCUT2D eigenvalue weighted by atomic mass is 16.5. The van der Waals surface area contributed by atoms with Crippen LogP contribution in [0.25, 0.3) is 0 Å². The number of pyridine rings is 1. The third kappa shape index (κ3) is 15.2. The van der Waals surface area contributed by atoms with Crippen LogP contribution in [0.1, 0.15) is 84.7 Å². The van der Waals surface area contributed by atoms with Gasteiger partial charge >= 0.3 is 5.97 Å². The summed E-state index contributed by atoms with van der Waals surface area (Å²) >= 11 is 0. The Kier molecular flexibility index (Phi) is 18.7. The summed E-state index contributed by atoms with van der Waals surface area (Å²) in [5, 5.41) is 23.4. The number of hydrogen-bond donors (Lipinski definition) is 6. The lowest BCUT2D eigenvalue weighted by Gasteiger charge is -2.32. The molecule has 306 valence electrons. The van der Waals surface area contributed by atoms with Gasteiger partial charge in [0.1, 0.15) is 12.1 Å². The SMILES string of the molecule is CC[C@H](C)[C@H](NC(=O)[C@@H](C[C@H](O)C(CC(C)C)NC(=O)[C@H](Cc1cnc[nH]1)NC(=O)[C@H](Cc1ccccc1)OC(C)=O)C(C)C)C(=O)NCCc1ccccn1. The Hall–Kier alpha value is -5.11. The van der Waals surface area contributed by atoms with Crippen LogP contribution >= 0.6 is 0 Å². The van der Waals surface area contributed by atoms with E-state index in [1.165, 1.54) is 13.3 Å². The molecule has 0 aliphatic rings. The van der Waals surface area contributed by atoms with Crippen LogP contribution in [0, 0.1) is 23.7 Å². The average Bonchev–Trinajstić information content (AvgIpc) is 3.68. The number of aliphatic hydroxyl groups is 1. The van der Waals surface area contributed by atoms with Gasteiger partial charge < -0.3 is 36.1 Å². The molecule has 14 heteroatoms. The van der Waals surface area contributed by atoms with E-state index in [0.29, 0.717) is 31.5 Å². The highest BCUT2D eigenvalue weighted by Gasteiger charge is 2.35. The first-order valence-electron chi connectivity index (χ1n) is 19.6. The van der Waals surface area contributed by atoms with Gasteiger partial charge in [-0.15, -0.1) is 0 Å². The molecule has 0 aliphatic heterocycles. The van der Waals surface area contributed by atoms with Crippen molar-refractivity contribution in [2.45, 2.75) is 117 Å². The number of carbonyl (C=O) groups is 5. The van der Waals surface area contributed by atoms with E-state index < -0.39 is 54.0 Å². The van der Waals surface area contributed by atoms with Crippen molar-refractivity contribution in [2.75, 3.05) is 6.54 Å². The molecule has 56 heavy (non-hydrogen) atoms. The van der Waals surface area contributed by atoms with Crippen molar-refractivity contribution in [3.8, 4) is 0 Å². The standard InChI is InChI=1S/C42H61N7O7/c1-8-28(6)38(42(55)45-19-17-31-16-12-13-18-44-31)49-39(52)33(27(4)5)23-36(51)34(20-26(2)3)47-40(53)35(22-32-24-43-25-46-32)48-41(54)37(56-29(7)50)21-30-14-10-9-11-15-30/h9-16,18,24-28,33-38,51H,8,17,19-23H2,1-7H3,(H,43,46)(H,45,55)(H,47,53)(H,48,54)(H,49,52)/t28-,33-,34?,35-,36-,37-,38-/m0/s1. The van der Waals surface area contributed by atoms with E-state index in [1.54, 1.807) is 12.4 Å². The predicted molar refractivity (Wildman–Crippen MR) is 213 cm³/mol. The first-order chi connectivity index (χ1) is 26.7. The minimum absolute atomic E-state index is 0.0128. The van der Waals surface area contributed by atoms with Gasteiger partial charge in [-0.1, -0.05) is 84.4 Å². The molecule has 1 unspecified atom stereocenters. The summed E-state index contributed by atoms with van der Waals surface area (Å²) in [5.41, 5.74) is 2.19. The summed E-state index contributed by atoms with van der Waals surface area (Å²) < 4.78 is 5.39. The van der Waals surface area contributed by atoms with Crippen molar-refractivity contribution in [3.05, 3.63) is 84.2 Å². The van der Waals surface area contributed by atoms with Gasteiger partial charge in [-0.05, 0) is 48.3 Å². The van der Waals surface area contributed by atoms with Crippen LogP contribution in [0.2, 0.25) is 0 Å². The zero-order chi connectivity index (χ0) is 41.2. The van der Waals surface area contributed by atoms with Gasteiger partial charge in [0, 0.05) is 62.4 Å². The van der Waals surface area contributed by atoms with E-state index in [-0.39, 0.29) is 48.8 Å². The number of amides is 4. The molecular weight excluding hydrogens is 715 g/mol. The molecule has 0 aliphatic carbocycles. The molecule has 2 heterocycles. The van der Waals surface area contributed by atoms with Crippen molar-refractivity contribution in [2.24, 2.45) is 23.7 Å². The van der Waals surface area contributed by atoms with Gasteiger partial charge in [0.05, 0.1) is 18.5 Å². The molecule has 3 rings (SSSR count). The number of H-pyrrole nitrogens is 1. The molecule has 3 aromatic rings. The van der Waals surface area contributed by atoms with Gasteiger partial charge in [0.15, 0.2) is 6.10 Å². The van der Waals surface area contributed by atoms with Crippen molar-refractivity contribution in [3.63, 3.8) is 0 Å². The van der Waals surface area contributed by atoms with E-state index in [0.717, 1.165) is 11.3 Å². The number of aromatic amines is 1. The lowest BCUT2D eigenvalue weighted by atomic mass is 9.85. The zero-order valence-electron chi connectivity index (χ0n) is 33.8. The number of ether oxygens (including phenoxy) is 1. The Morgan fingerprint density at radius 1 is 0.839 bits per heavy atom. The smallest absolute Gasteiger partial charge is 0.303 e. The van der Waals surface area contributed by atoms with Gasteiger partial charge in [0.25, 0.3) is 5.91 Å². The van der Waals surface area contributed by atoms with E-state index in [1.807, 2.05) is 90.1 Å². The molecule has 0 spiro atoms. The number of imidazole rings is 1. The fraction of sp³-hybridized carbons (Fsp3) is 0.548. The maximum atomic E-state index is 14.1. The number of aliphatic hydroxyl groups excluding tert-OH is 1. The molecule has 6 N–H and O–H groups in total. The number of hydrogen-bond acceptors (Lipinski definition) is 9. The van der Waals surface area contributed by atoms with Crippen molar-refractivity contribution < 1.29 is 33.8 Å². The van der Waals surface area contributed by atoms with Crippen molar-refractivity contribution in [1.82, 2.24) is 36.2 Å². The highest BCUT2D eigenvalue weighted by molar-refractivity contribution is 5.91. The fourth-order valence-electron chi connectivity index (χ4n) is 6.45. The Bertz CT molecular complexity index is 1650. The van der Waals surface area contributed by atoms with Crippen LogP contribution in [0.5, 0.6) is 0 Å². The quantitative estimate of drug-likeness (QED) is 0.0780. The lowest BCUT2D eigenvalue weighted by molar-refractivity contribution is -0.154. The Morgan fingerprint density at radius 2 is 1.55 bits per heavy atom. The van der Waals surface area contributed by atoms with Crippen molar-refractivity contribution >= 4 is 29.6 Å². The molecule has 14 nitrogen and oxygen atoms in total. The summed E-state index contributed by atoms with van der Waals surface area (Å²) in [7, 11) is 0. The monoisotopic (exact) mass is 775 g/mol. The van der Waals surface area contributed by atoms with Crippen LogP contribution in [0.15, 0.2) is 67.3 Å². The van der Waals surface area contributed by atoms with Gasteiger partial charge in [-0.25, -0.2) is 4.98 Å². The number of nitrogens with one attached hydrogen (secondary N) is 5.